The maximum Gasteiger partial charge on any atom is 0.235 e. The van der Waals surface area contributed by atoms with E-state index in [9.17, 15) is 9.59 Å². The Hall–Kier alpha value is -1.91. The van der Waals surface area contributed by atoms with Gasteiger partial charge in [0.2, 0.25) is 11.8 Å². The number of carbonyl (C=O) groups excluding carboxylic acids is 2. The maximum atomic E-state index is 12.8. The Kier molecular flexibility index (Phi) is 4.64. The van der Waals surface area contributed by atoms with Crippen LogP contribution in [0.3, 0.4) is 0 Å². The quantitative estimate of drug-likeness (QED) is 0.857. The topological polar surface area (TPSA) is 54.7 Å². The average Bonchev–Trinajstić information content (AvgIpc) is 3.38. The molecule has 0 unspecified atom stereocenters. The number of pyridine rings is 1. The van der Waals surface area contributed by atoms with E-state index in [2.05, 4.69) is 4.99 Å². The van der Waals surface area contributed by atoms with Crippen LogP contribution in [0.5, 0.6) is 0 Å². The molecule has 5 nitrogen and oxygen atoms in total. The first-order valence-electron chi connectivity index (χ1n) is 8.61. The number of amides is 1. The van der Waals surface area contributed by atoms with Crippen LogP contribution in [0.1, 0.15) is 44.3 Å². The van der Waals surface area contributed by atoms with E-state index in [1.54, 1.807) is 10.8 Å². The van der Waals surface area contributed by atoms with Gasteiger partial charge in [-0.2, -0.15) is 0 Å². The molecule has 1 aromatic rings. The third kappa shape index (κ3) is 3.71. The molecule has 0 atom stereocenters. The van der Waals surface area contributed by atoms with Gasteiger partial charge in [0.05, 0.1) is 0 Å². The molecule has 1 aliphatic carbocycles. The standard InChI is InChI=1S/C18H25N3O2/c1-13(2)19-16-5-3-4-10-21(16)18(23)15-8-11-20(12-9-15)17(22)14-6-7-14/h3-5,10,13-15H,6-9,11-12H2,1-2H3. The van der Waals surface area contributed by atoms with E-state index in [4.69, 9.17) is 0 Å². The summed E-state index contributed by atoms with van der Waals surface area (Å²) in [6.07, 6.45) is 5.38. The van der Waals surface area contributed by atoms with Crippen LogP contribution in [0.4, 0.5) is 0 Å². The van der Waals surface area contributed by atoms with Gasteiger partial charge in [0.25, 0.3) is 0 Å². The number of carbonyl (C=O) groups is 2. The second-order valence-electron chi connectivity index (χ2n) is 6.86. The van der Waals surface area contributed by atoms with E-state index in [-0.39, 0.29) is 23.8 Å². The Morgan fingerprint density at radius 3 is 2.30 bits per heavy atom. The summed E-state index contributed by atoms with van der Waals surface area (Å²) in [5.41, 5.74) is 0.712. The summed E-state index contributed by atoms with van der Waals surface area (Å²) in [7, 11) is 0. The predicted molar refractivity (Wildman–Crippen MR) is 87.8 cm³/mol. The van der Waals surface area contributed by atoms with E-state index in [1.807, 2.05) is 36.9 Å². The minimum atomic E-state index is -0.0215. The number of hydrogen-bond acceptors (Lipinski definition) is 3. The molecule has 0 aromatic carbocycles. The van der Waals surface area contributed by atoms with Gasteiger partial charge in [-0.25, -0.2) is 0 Å². The minimum Gasteiger partial charge on any atom is -0.342 e. The van der Waals surface area contributed by atoms with Crippen LogP contribution in [-0.2, 0) is 4.79 Å². The summed E-state index contributed by atoms with van der Waals surface area (Å²) in [6, 6.07) is 5.80. The van der Waals surface area contributed by atoms with Crippen molar-refractivity contribution in [3.63, 3.8) is 0 Å². The zero-order valence-electron chi connectivity index (χ0n) is 13.9. The summed E-state index contributed by atoms with van der Waals surface area (Å²) < 4.78 is 1.67. The first-order chi connectivity index (χ1) is 11.1. The van der Waals surface area contributed by atoms with Gasteiger partial charge < -0.3 is 4.90 Å². The zero-order valence-corrected chi connectivity index (χ0v) is 13.9. The van der Waals surface area contributed by atoms with Crippen molar-refractivity contribution in [1.29, 1.82) is 0 Å². The highest BCUT2D eigenvalue weighted by Gasteiger charge is 2.36. The van der Waals surface area contributed by atoms with Crippen molar-refractivity contribution in [2.24, 2.45) is 16.8 Å². The van der Waals surface area contributed by atoms with Crippen LogP contribution >= 0.6 is 0 Å². The molecule has 1 aliphatic heterocycles. The van der Waals surface area contributed by atoms with Crippen LogP contribution in [0.15, 0.2) is 29.4 Å². The van der Waals surface area contributed by atoms with Crippen molar-refractivity contribution < 1.29 is 9.59 Å². The molecule has 0 spiro atoms. The number of nitrogens with zero attached hydrogens (tertiary/aromatic N) is 3. The molecule has 1 amide bonds. The SMILES string of the molecule is CC(C)N=c1ccccn1C(=O)C1CCN(C(=O)C2CC2)CC1. The number of hydrogen-bond donors (Lipinski definition) is 0. The first kappa shape index (κ1) is 16.0. The highest BCUT2D eigenvalue weighted by atomic mass is 16.2. The van der Waals surface area contributed by atoms with Crippen molar-refractivity contribution in [2.75, 3.05) is 13.1 Å². The van der Waals surface area contributed by atoms with Crippen molar-refractivity contribution in [3.8, 4) is 0 Å². The van der Waals surface area contributed by atoms with Gasteiger partial charge in [-0.1, -0.05) is 6.07 Å². The van der Waals surface area contributed by atoms with Crippen LogP contribution in [0, 0.1) is 11.8 Å². The molecular formula is C18H25N3O2. The third-order valence-corrected chi connectivity index (χ3v) is 4.55. The summed E-state index contributed by atoms with van der Waals surface area (Å²) in [5, 5.41) is 0. The largest absolute Gasteiger partial charge is 0.342 e. The maximum absolute atomic E-state index is 12.8. The fourth-order valence-corrected chi connectivity index (χ4v) is 3.12. The molecule has 2 fully saturated rings. The molecule has 1 saturated carbocycles. The second-order valence-corrected chi connectivity index (χ2v) is 6.86. The molecule has 0 N–H and O–H groups in total. The zero-order chi connectivity index (χ0) is 16.4. The van der Waals surface area contributed by atoms with Gasteiger partial charge >= 0.3 is 0 Å². The van der Waals surface area contributed by atoms with Crippen molar-refractivity contribution in [2.45, 2.75) is 45.6 Å². The van der Waals surface area contributed by atoms with E-state index in [0.29, 0.717) is 24.5 Å². The van der Waals surface area contributed by atoms with Crippen molar-refractivity contribution in [1.82, 2.24) is 9.47 Å². The van der Waals surface area contributed by atoms with Gasteiger partial charge in [-0.15, -0.1) is 0 Å². The lowest BCUT2D eigenvalue weighted by Crippen LogP contribution is -2.43. The Balaban J connectivity index is 1.69. The highest BCUT2D eigenvalue weighted by molar-refractivity contribution is 5.83. The first-order valence-corrected chi connectivity index (χ1v) is 8.61. The van der Waals surface area contributed by atoms with E-state index in [1.165, 1.54) is 0 Å². The normalized spacial score (nSPS) is 20.1. The molecule has 0 radical (unpaired) electrons. The Bertz CT molecular complexity index is 650. The van der Waals surface area contributed by atoms with E-state index in [0.717, 1.165) is 25.7 Å². The van der Waals surface area contributed by atoms with Crippen LogP contribution < -0.4 is 5.49 Å². The molecule has 1 aromatic heterocycles. The van der Waals surface area contributed by atoms with Gasteiger partial charge in [-0.3, -0.25) is 19.1 Å². The molecule has 1 saturated heterocycles. The summed E-state index contributed by atoms with van der Waals surface area (Å²) in [6.45, 7) is 5.42. The lowest BCUT2D eigenvalue weighted by Gasteiger charge is -2.31. The molecule has 0 bridgehead atoms. The number of aromatic nitrogens is 1. The smallest absolute Gasteiger partial charge is 0.235 e. The predicted octanol–water partition coefficient (Wildman–Crippen LogP) is 2.09. The molecular weight excluding hydrogens is 290 g/mol. The van der Waals surface area contributed by atoms with Crippen molar-refractivity contribution >= 4 is 11.8 Å². The lowest BCUT2D eigenvalue weighted by atomic mass is 9.95. The van der Waals surface area contributed by atoms with E-state index >= 15 is 0 Å². The van der Waals surface area contributed by atoms with Crippen LogP contribution in [-0.4, -0.2) is 40.4 Å². The third-order valence-electron chi connectivity index (χ3n) is 4.55. The number of piperidine rings is 1. The summed E-state index contributed by atoms with van der Waals surface area (Å²) >= 11 is 0. The number of likely N-dealkylation sites (tertiary alicyclic amines) is 1. The van der Waals surface area contributed by atoms with Crippen LogP contribution in [0.2, 0.25) is 0 Å². The molecule has 23 heavy (non-hydrogen) atoms. The van der Waals surface area contributed by atoms with Crippen LogP contribution in [0.25, 0.3) is 0 Å². The van der Waals surface area contributed by atoms with E-state index < -0.39 is 0 Å². The molecule has 5 heteroatoms. The average molecular weight is 315 g/mol. The highest BCUT2D eigenvalue weighted by Crippen LogP contribution is 2.32. The minimum absolute atomic E-state index is 0.0215. The number of rotatable bonds is 3. The van der Waals surface area contributed by atoms with Gasteiger partial charge in [0.15, 0.2) is 0 Å². The second kappa shape index (κ2) is 6.69. The lowest BCUT2D eigenvalue weighted by molar-refractivity contribution is -0.133. The Morgan fingerprint density at radius 2 is 1.70 bits per heavy atom. The van der Waals surface area contributed by atoms with Gasteiger partial charge in [-0.05, 0) is 51.7 Å². The molecule has 2 aliphatic rings. The summed E-state index contributed by atoms with van der Waals surface area (Å²) in [4.78, 5) is 31.4. The van der Waals surface area contributed by atoms with Gasteiger partial charge in [0, 0.05) is 37.2 Å². The molecule has 3 rings (SSSR count). The molecule has 2 heterocycles. The monoisotopic (exact) mass is 315 g/mol. The fraction of sp³-hybridized carbons (Fsp3) is 0.611. The Labute approximate surface area is 137 Å². The summed E-state index contributed by atoms with van der Waals surface area (Å²) in [5.74, 6) is 0.635. The molecule has 124 valence electrons. The Morgan fingerprint density at radius 1 is 1.04 bits per heavy atom. The van der Waals surface area contributed by atoms with Gasteiger partial charge in [0.1, 0.15) is 5.49 Å². The van der Waals surface area contributed by atoms with Crippen molar-refractivity contribution in [3.05, 3.63) is 29.9 Å². The fourth-order valence-electron chi connectivity index (χ4n) is 3.12.